The molecule has 0 saturated carbocycles. The minimum absolute atomic E-state index is 0.162. The third-order valence-electron chi connectivity index (χ3n) is 16.3. The molecule has 2 nitrogen and oxygen atoms in total. The molecule has 0 unspecified atom stereocenters. The lowest BCUT2D eigenvalue weighted by Gasteiger charge is -2.34. The Balaban J connectivity index is 0.995. The molecule has 0 fully saturated rings. The third kappa shape index (κ3) is 5.37. The van der Waals surface area contributed by atoms with Crippen LogP contribution in [0.15, 0.2) is 231 Å². The summed E-state index contributed by atoms with van der Waals surface area (Å²) >= 11 is 0. The normalized spacial score (nSPS) is 15.0. The maximum atomic E-state index is 2.57. The highest BCUT2D eigenvalue weighted by atomic mass is 15.1. The van der Waals surface area contributed by atoms with Gasteiger partial charge in [-0.05, 0) is 127 Å². The molecule has 3 aliphatic carbocycles. The summed E-state index contributed by atoms with van der Waals surface area (Å²) in [5.74, 6) is 0. The van der Waals surface area contributed by atoms with Crippen molar-refractivity contribution >= 4 is 38.9 Å². The molecule has 0 atom stereocenters. The van der Waals surface area contributed by atoms with Crippen LogP contribution in [0.4, 0.5) is 17.1 Å². The summed E-state index contributed by atoms with van der Waals surface area (Å²) in [6.07, 6.45) is 0. The zero-order chi connectivity index (χ0) is 46.2. The fraction of sp³-hybridized carbons (Fsp3) is 0.104. The van der Waals surface area contributed by atoms with Crippen LogP contribution >= 0.6 is 0 Å². The van der Waals surface area contributed by atoms with Gasteiger partial charge in [-0.3, -0.25) is 0 Å². The van der Waals surface area contributed by atoms with Gasteiger partial charge in [-0.15, -0.1) is 0 Å². The van der Waals surface area contributed by atoms with Gasteiger partial charge < -0.3 is 9.47 Å². The maximum absolute atomic E-state index is 2.57. The molecule has 1 heterocycles. The topological polar surface area (TPSA) is 8.17 Å². The number of rotatable bonds is 6. The molecule has 1 aromatic heterocycles. The molecule has 0 N–H and O–H groups in total. The second-order valence-electron chi connectivity index (χ2n) is 20.4. The Morgan fingerprint density at radius 1 is 0.333 bits per heavy atom. The van der Waals surface area contributed by atoms with Crippen molar-refractivity contribution in [1.82, 2.24) is 4.57 Å². The van der Waals surface area contributed by atoms with E-state index in [1.54, 1.807) is 0 Å². The Morgan fingerprint density at radius 2 is 0.783 bits per heavy atom. The Hall–Kier alpha value is -8.20. The number of anilines is 3. The number of nitrogens with zero attached hydrogens (tertiary/aromatic N) is 2. The zero-order valence-corrected chi connectivity index (χ0v) is 39.3. The summed E-state index contributed by atoms with van der Waals surface area (Å²) < 4.78 is 2.45. The third-order valence-corrected chi connectivity index (χ3v) is 16.3. The smallest absolute Gasteiger partial charge is 0.0714 e. The Labute approximate surface area is 404 Å². The highest BCUT2D eigenvalue weighted by Gasteiger charge is 2.48. The molecule has 2 heteroatoms. The van der Waals surface area contributed by atoms with Crippen LogP contribution in [0.2, 0.25) is 0 Å². The molecule has 14 rings (SSSR count). The van der Waals surface area contributed by atoms with Crippen molar-refractivity contribution < 1.29 is 0 Å². The number of para-hydroxylation sites is 2. The van der Waals surface area contributed by atoms with Crippen molar-refractivity contribution in [1.29, 1.82) is 0 Å². The van der Waals surface area contributed by atoms with Crippen molar-refractivity contribution in [2.24, 2.45) is 0 Å². The lowest BCUT2D eigenvalue weighted by Crippen LogP contribution is -2.28. The lowest BCUT2D eigenvalue weighted by atomic mass is 9.68. The van der Waals surface area contributed by atoms with Gasteiger partial charge in [0.15, 0.2) is 0 Å². The molecule has 0 amide bonds. The SMILES string of the molecule is CC1(C)c2ccccc2-c2ccc(N(c3ccc4c(c3)C(C)(C)c3cc(-n5c6ccccc6c6ccccc65)ccc3-4)c3cccc4c3-c3ccccc3C4(c3ccccc3)c3ccccc3)cc21. The molecule has 0 aliphatic heterocycles. The van der Waals surface area contributed by atoms with E-state index in [0.29, 0.717) is 0 Å². The predicted octanol–water partition coefficient (Wildman–Crippen LogP) is 17.2. The lowest BCUT2D eigenvalue weighted by molar-refractivity contribution is 0.659. The summed E-state index contributed by atoms with van der Waals surface area (Å²) in [7, 11) is 0. The molecule has 69 heavy (non-hydrogen) atoms. The Bertz CT molecular complexity index is 3810. The maximum Gasteiger partial charge on any atom is 0.0714 e. The van der Waals surface area contributed by atoms with Crippen molar-refractivity contribution in [3.63, 3.8) is 0 Å². The monoisotopic (exact) mass is 882 g/mol. The van der Waals surface area contributed by atoms with E-state index >= 15 is 0 Å². The van der Waals surface area contributed by atoms with Gasteiger partial charge in [0, 0.05) is 44.2 Å². The summed E-state index contributed by atoms with van der Waals surface area (Å²) in [5.41, 5.74) is 24.5. The van der Waals surface area contributed by atoms with Crippen molar-refractivity contribution in [3.05, 3.63) is 275 Å². The van der Waals surface area contributed by atoms with Crippen LogP contribution in [-0.2, 0) is 16.2 Å². The first-order chi connectivity index (χ1) is 33.8. The molecular formula is C67H50N2. The van der Waals surface area contributed by atoms with Crippen LogP contribution in [0.3, 0.4) is 0 Å². The molecule has 10 aromatic carbocycles. The number of hydrogen-bond acceptors (Lipinski definition) is 1. The van der Waals surface area contributed by atoms with Gasteiger partial charge in [0.1, 0.15) is 0 Å². The van der Waals surface area contributed by atoms with Gasteiger partial charge in [0.2, 0.25) is 0 Å². The minimum atomic E-state index is -0.520. The second-order valence-corrected chi connectivity index (χ2v) is 20.4. The molecule has 0 saturated heterocycles. The molecule has 11 aromatic rings. The van der Waals surface area contributed by atoms with Gasteiger partial charge in [0.25, 0.3) is 0 Å². The van der Waals surface area contributed by atoms with Crippen molar-refractivity contribution in [2.75, 3.05) is 4.90 Å². The van der Waals surface area contributed by atoms with E-state index in [0.717, 1.165) is 11.4 Å². The standard InChI is InChI=1S/C67H50N2/c1-65(2)55-28-15-11-24-48(55)49-37-34-45(40-58(49)65)68(63-33-19-30-57-64(63)54-27-12-16-29-56(54)67(57,43-20-7-5-8-21-43)44-22-9-6-10-23-44)46-35-38-50-51-39-36-47(42-60(51)66(3,4)59(50)41-46)69-61-31-17-13-25-52(61)53-26-14-18-32-62(53)69/h5-42H,1-4H3. The van der Waals surface area contributed by atoms with Gasteiger partial charge in [0.05, 0.1) is 22.1 Å². The average molecular weight is 883 g/mol. The summed E-state index contributed by atoms with van der Waals surface area (Å²) in [6.45, 7) is 9.61. The molecule has 0 radical (unpaired) electrons. The molecular weight excluding hydrogens is 833 g/mol. The summed E-state index contributed by atoms with van der Waals surface area (Å²) in [4.78, 5) is 2.57. The first-order valence-electron chi connectivity index (χ1n) is 24.4. The van der Waals surface area contributed by atoms with E-state index in [9.17, 15) is 0 Å². The van der Waals surface area contributed by atoms with Crippen LogP contribution in [0, 0.1) is 0 Å². The minimum Gasteiger partial charge on any atom is -0.310 e. The van der Waals surface area contributed by atoms with Gasteiger partial charge in [-0.1, -0.05) is 204 Å². The van der Waals surface area contributed by atoms with Crippen LogP contribution < -0.4 is 4.90 Å². The second kappa shape index (κ2) is 14.4. The fourth-order valence-electron chi connectivity index (χ4n) is 13.1. The van der Waals surface area contributed by atoms with E-state index in [2.05, 4.69) is 268 Å². The quantitative estimate of drug-likeness (QED) is 0.162. The number of benzene rings is 10. The number of hydrogen-bond donors (Lipinski definition) is 0. The Kier molecular flexibility index (Phi) is 8.33. The molecule has 3 aliphatic rings. The van der Waals surface area contributed by atoms with Gasteiger partial charge in [-0.2, -0.15) is 0 Å². The van der Waals surface area contributed by atoms with Crippen LogP contribution in [0.25, 0.3) is 60.9 Å². The number of fused-ring (bicyclic) bond motifs is 12. The summed E-state index contributed by atoms with van der Waals surface area (Å²) in [5, 5.41) is 2.55. The zero-order valence-electron chi connectivity index (χ0n) is 39.3. The van der Waals surface area contributed by atoms with E-state index < -0.39 is 5.41 Å². The summed E-state index contributed by atoms with van der Waals surface area (Å²) in [6, 6.07) is 86.7. The van der Waals surface area contributed by atoms with Gasteiger partial charge >= 0.3 is 0 Å². The van der Waals surface area contributed by atoms with Crippen LogP contribution in [-0.4, -0.2) is 4.57 Å². The predicted molar refractivity (Wildman–Crippen MR) is 288 cm³/mol. The van der Waals surface area contributed by atoms with E-state index in [1.165, 1.54) is 111 Å². The first-order valence-corrected chi connectivity index (χ1v) is 24.4. The van der Waals surface area contributed by atoms with Crippen molar-refractivity contribution in [3.8, 4) is 39.1 Å². The van der Waals surface area contributed by atoms with E-state index in [4.69, 9.17) is 0 Å². The molecule has 0 spiro atoms. The first kappa shape index (κ1) is 39.9. The van der Waals surface area contributed by atoms with E-state index in [-0.39, 0.29) is 10.8 Å². The fourth-order valence-corrected chi connectivity index (χ4v) is 13.1. The van der Waals surface area contributed by atoms with Crippen LogP contribution in [0.5, 0.6) is 0 Å². The van der Waals surface area contributed by atoms with Crippen LogP contribution in [0.1, 0.15) is 72.2 Å². The van der Waals surface area contributed by atoms with Crippen molar-refractivity contribution in [2.45, 2.75) is 43.9 Å². The average Bonchev–Trinajstić information content (AvgIpc) is 4.04. The highest BCUT2D eigenvalue weighted by Crippen LogP contribution is 2.61. The highest BCUT2D eigenvalue weighted by molar-refractivity contribution is 6.09. The largest absolute Gasteiger partial charge is 0.310 e. The van der Waals surface area contributed by atoms with Gasteiger partial charge in [-0.25, -0.2) is 0 Å². The van der Waals surface area contributed by atoms with E-state index in [1.807, 2.05) is 0 Å². The Morgan fingerprint density at radius 3 is 1.39 bits per heavy atom. The molecule has 0 bridgehead atoms. The molecule has 328 valence electrons. The number of aromatic nitrogens is 1.